The van der Waals surface area contributed by atoms with Crippen molar-refractivity contribution in [3.05, 3.63) is 53.3 Å². The number of aromatic amines is 1. The van der Waals surface area contributed by atoms with Crippen LogP contribution in [0, 0.1) is 0 Å². The lowest BCUT2D eigenvalue weighted by Gasteiger charge is -2.18. The fourth-order valence-electron chi connectivity index (χ4n) is 3.49. The van der Waals surface area contributed by atoms with E-state index in [1.165, 1.54) is 9.87 Å². The van der Waals surface area contributed by atoms with Gasteiger partial charge in [0.15, 0.2) is 0 Å². The van der Waals surface area contributed by atoms with Crippen LogP contribution in [0.1, 0.15) is 30.8 Å². The first-order valence-corrected chi connectivity index (χ1v) is 11.4. The molecule has 152 valence electrons. The molecule has 6 nitrogen and oxygen atoms in total. The summed E-state index contributed by atoms with van der Waals surface area (Å²) < 4.78 is 32.5. The Morgan fingerprint density at radius 1 is 1.24 bits per heavy atom. The monoisotopic (exact) mass is 431 g/mol. The van der Waals surface area contributed by atoms with Crippen molar-refractivity contribution in [3.63, 3.8) is 0 Å². The second kappa shape index (κ2) is 7.82. The van der Waals surface area contributed by atoms with Gasteiger partial charge in [-0.3, -0.25) is 0 Å². The Hall–Kier alpha value is -2.35. The van der Waals surface area contributed by atoms with Gasteiger partial charge in [-0.15, -0.1) is 0 Å². The van der Waals surface area contributed by atoms with Crippen molar-refractivity contribution in [2.75, 3.05) is 19.7 Å². The second-order valence-electron chi connectivity index (χ2n) is 6.81. The third kappa shape index (κ3) is 3.77. The van der Waals surface area contributed by atoms with Gasteiger partial charge < -0.3 is 9.72 Å². The van der Waals surface area contributed by atoms with Crippen LogP contribution in [0.3, 0.4) is 0 Å². The smallest absolute Gasteiger partial charge is 0.243 e. The van der Waals surface area contributed by atoms with Gasteiger partial charge in [-0.2, -0.15) is 4.31 Å². The van der Waals surface area contributed by atoms with E-state index in [4.69, 9.17) is 16.3 Å². The number of nitrogens with one attached hydrogen (secondary N) is 1. The summed E-state index contributed by atoms with van der Waals surface area (Å²) in [5, 5.41) is 0.452. The zero-order valence-electron chi connectivity index (χ0n) is 16.3. The van der Waals surface area contributed by atoms with Crippen LogP contribution in [0.2, 0.25) is 0 Å². The molecule has 2 heterocycles. The van der Waals surface area contributed by atoms with Crippen LogP contribution in [0.4, 0.5) is 0 Å². The fraction of sp³-hybridized carbons (Fsp3) is 0.286. The quantitative estimate of drug-likeness (QED) is 0.632. The van der Waals surface area contributed by atoms with E-state index in [-0.39, 0.29) is 4.90 Å². The van der Waals surface area contributed by atoms with E-state index in [2.05, 4.69) is 16.0 Å². The van der Waals surface area contributed by atoms with Crippen LogP contribution in [0.15, 0.2) is 41.3 Å². The summed E-state index contributed by atoms with van der Waals surface area (Å²) in [4.78, 5) is 7.88. The highest BCUT2D eigenvalue weighted by Gasteiger charge is 2.22. The molecule has 0 fully saturated rings. The minimum Gasteiger partial charge on any atom is -0.493 e. The van der Waals surface area contributed by atoms with Crippen molar-refractivity contribution in [2.45, 2.75) is 25.2 Å². The largest absolute Gasteiger partial charge is 0.493 e. The Morgan fingerprint density at radius 3 is 2.79 bits per heavy atom. The maximum Gasteiger partial charge on any atom is 0.243 e. The van der Waals surface area contributed by atoms with Gasteiger partial charge in [0, 0.05) is 19.5 Å². The lowest BCUT2D eigenvalue weighted by Crippen LogP contribution is -2.30. The van der Waals surface area contributed by atoms with Crippen LogP contribution in [-0.4, -0.2) is 42.4 Å². The summed E-state index contributed by atoms with van der Waals surface area (Å²) in [7, 11) is -3.53. The molecule has 29 heavy (non-hydrogen) atoms. The van der Waals surface area contributed by atoms with Gasteiger partial charge in [-0.25, -0.2) is 13.4 Å². The summed E-state index contributed by atoms with van der Waals surface area (Å²) >= 11 is 6.50. The number of ether oxygens (including phenoxy) is 1. The Kier molecular flexibility index (Phi) is 5.38. The van der Waals surface area contributed by atoms with Crippen LogP contribution in [0.5, 0.6) is 5.75 Å². The maximum absolute atomic E-state index is 12.8. The molecule has 0 bridgehead atoms. The summed E-state index contributed by atoms with van der Waals surface area (Å²) in [5.74, 6) is 1.42. The van der Waals surface area contributed by atoms with Crippen molar-refractivity contribution >= 4 is 43.8 Å². The standard InChI is InChI=1S/C21H22ClN3O3S/c1-3-25(4-2)29(26,27)16-6-7-18-19(13-16)24-21(23-18)17(22)12-14-5-8-20-15(11-14)9-10-28-20/h5-8,11-13H,3-4,9-10H2,1-2H3,(H,23,24)/b17-12-. The first kappa shape index (κ1) is 19.9. The molecule has 0 aliphatic carbocycles. The van der Waals surface area contributed by atoms with Crippen molar-refractivity contribution in [2.24, 2.45) is 0 Å². The number of H-pyrrole nitrogens is 1. The number of halogens is 1. The van der Waals surface area contributed by atoms with Crippen molar-refractivity contribution < 1.29 is 13.2 Å². The molecule has 2 aromatic carbocycles. The Labute approximate surface area is 175 Å². The summed E-state index contributed by atoms with van der Waals surface area (Å²) in [6, 6.07) is 10.8. The minimum absolute atomic E-state index is 0.239. The summed E-state index contributed by atoms with van der Waals surface area (Å²) in [6.07, 6.45) is 2.73. The van der Waals surface area contributed by atoms with Crippen LogP contribution >= 0.6 is 11.6 Å². The van der Waals surface area contributed by atoms with Gasteiger partial charge in [0.2, 0.25) is 10.0 Å². The second-order valence-corrected chi connectivity index (χ2v) is 9.16. The van der Waals surface area contributed by atoms with Gasteiger partial charge in [-0.05, 0) is 47.5 Å². The molecule has 0 amide bonds. The average Bonchev–Trinajstić information content (AvgIpc) is 3.34. The summed E-state index contributed by atoms with van der Waals surface area (Å²) in [6.45, 7) is 5.20. The predicted molar refractivity (Wildman–Crippen MR) is 116 cm³/mol. The van der Waals surface area contributed by atoms with Crippen LogP contribution < -0.4 is 4.74 Å². The zero-order chi connectivity index (χ0) is 20.6. The highest BCUT2D eigenvalue weighted by molar-refractivity contribution is 7.89. The van der Waals surface area contributed by atoms with Gasteiger partial charge in [0.05, 0.1) is 27.6 Å². The highest BCUT2D eigenvalue weighted by Crippen LogP contribution is 2.29. The normalized spacial score (nSPS) is 14.4. The van der Waals surface area contributed by atoms with E-state index in [1.807, 2.05) is 32.1 Å². The number of rotatable bonds is 6. The fourth-order valence-corrected chi connectivity index (χ4v) is 5.19. The van der Waals surface area contributed by atoms with E-state index >= 15 is 0 Å². The SMILES string of the molecule is CCN(CC)S(=O)(=O)c1ccc2nc(/C(Cl)=C/c3ccc4c(c3)CCO4)[nH]c2c1. The molecule has 0 spiro atoms. The molecule has 1 N–H and O–H groups in total. The van der Waals surface area contributed by atoms with Crippen molar-refractivity contribution in [1.29, 1.82) is 0 Å². The molecular formula is C21H22ClN3O3S. The van der Waals surface area contributed by atoms with Gasteiger partial charge in [-0.1, -0.05) is 31.5 Å². The average molecular weight is 432 g/mol. The highest BCUT2D eigenvalue weighted by atomic mass is 35.5. The number of imidazole rings is 1. The van der Waals surface area contributed by atoms with Gasteiger partial charge in [0.1, 0.15) is 11.6 Å². The molecule has 0 atom stereocenters. The Bertz CT molecular complexity index is 1200. The van der Waals surface area contributed by atoms with Crippen molar-refractivity contribution in [3.8, 4) is 5.75 Å². The molecule has 1 aromatic heterocycles. The van der Waals surface area contributed by atoms with E-state index < -0.39 is 10.0 Å². The number of fused-ring (bicyclic) bond motifs is 2. The molecule has 4 rings (SSSR count). The Balaban J connectivity index is 1.67. The molecular weight excluding hydrogens is 410 g/mol. The van der Waals surface area contributed by atoms with E-state index in [9.17, 15) is 8.42 Å². The number of nitrogens with zero attached hydrogens (tertiary/aromatic N) is 2. The maximum atomic E-state index is 12.8. The molecule has 0 saturated carbocycles. The van der Waals surface area contributed by atoms with E-state index in [0.29, 0.717) is 41.6 Å². The number of hydrogen-bond donors (Lipinski definition) is 1. The Morgan fingerprint density at radius 2 is 2.03 bits per heavy atom. The van der Waals surface area contributed by atoms with E-state index in [1.54, 1.807) is 18.2 Å². The van der Waals surface area contributed by atoms with Crippen LogP contribution in [-0.2, 0) is 16.4 Å². The molecule has 8 heteroatoms. The minimum atomic E-state index is -3.53. The molecule has 1 aliphatic heterocycles. The first-order valence-electron chi connectivity index (χ1n) is 9.55. The third-order valence-corrected chi connectivity index (χ3v) is 7.36. The van der Waals surface area contributed by atoms with Crippen molar-refractivity contribution in [1.82, 2.24) is 14.3 Å². The lowest BCUT2D eigenvalue weighted by molar-refractivity contribution is 0.357. The molecule has 1 aliphatic rings. The lowest BCUT2D eigenvalue weighted by atomic mass is 10.1. The molecule has 3 aromatic rings. The summed E-state index contributed by atoms with van der Waals surface area (Å²) in [5.41, 5.74) is 3.41. The molecule has 0 radical (unpaired) electrons. The van der Waals surface area contributed by atoms with Gasteiger partial charge >= 0.3 is 0 Å². The first-order chi connectivity index (χ1) is 13.9. The molecule has 0 saturated heterocycles. The predicted octanol–water partition coefficient (Wildman–Crippen LogP) is 4.27. The topological polar surface area (TPSA) is 75.3 Å². The third-order valence-electron chi connectivity index (χ3n) is 5.03. The molecule has 0 unspecified atom stereocenters. The number of sulfonamides is 1. The number of benzene rings is 2. The number of hydrogen-bond acceptors (Lipinski definition) is 4. The van der Waals surface area contributed by atoms with Gasteiger partial charge in [0.25, 0.3) is 0 Å². The zero-order valence-corrected chi connectivity index (χ0v) is 17.8. The van der Waals surface area contributed by atoms with E-state index in [0.717, 1.165) is 17.7 Å². The number of aromatic nitrogens is 2. The van der Waals surface area contributed by atoms with Crippen LogP contribution in [0.25, 0.3) is 22.1 Å².